The van der Waals surface area contributed by atoms with Crippen molar-refractivity contribution in [2.24, 2.45) is 11.8 Å². The molecule has 3 nitrogen and oxygen atoms in total. The van der Waals surface area contributed by atoms with Crippen LogP contribution in [0, 0.1) is 18.8 Å². The highest BCUT2D eigenvalue weighted by Crippen LogP contribution is 2.31. The van der Waals surface area contributed by atoms with E-state index in [-0.39, 0.29) is 0 Å². The monoisotopic (exact) mass is 275 g/mol. The fraction of sp³-hybridized carbons (Fsp3) is 0.706. The van der Waals surface area contributed by atoms with E-state index in [4.69, 9.17) is 4.98 Å². The van der Waals surface area contributed by atoms with Crippen molar-refractivity contribution >= 4 is 5.82 Å². The third-order valence-electron chi connectivity index (χ3n) is 3.76. The fourth-order valence-electron chi connectivity index (χ4n) is 2.49. The van der Waals surface area contributed by atoms with E-state index < -0.39 is 0 Å². The van der Waals surface area contributed by atoms with E-state index in [1.807, 2.05) is 0 Å². The van der Waals surface area contributed by atoms with Gasteiger partial charge >= 0.3 is 0 Å². The molecule has 0 saturated heterocycles. The molecule has 112 valence electrons. The minimum Gasteiger partial charge on any atom is -0.357 e. The molecule has 1 saturated carbocycles. The molecule has 2 rings (SSSR count). The van der Waals surface area contributed by atoms with Crippen LogP contribution in [0.15, 0.2) is 12.1 Å². The second kappa shape index (κ2) is 7.07. The summed E-state index contributed by atoms with van der Waals surface area (Å²) in [4.78, 5) is 7.15. The van der Waals surface area contributed by atoms with Gasteiger partial charge in [0.15, 0.2) is 0 Å². The maximum absolute atomic E-state index is 4.73. The normalized spacial score (nSPS) is 14.8. The first-order chi connectivity index (χ1) is 9.58. The molecule has 1 N–H and O–H groups in total. The zero-order valence-corrected chi connectivity index (χ0v) is 13.4. The Morgan fingerprint density at radius 1 is 1.35 bits per heavy atom. The first-order valence-electron chi connectivity index (χ1n) is 8.01. The highest BCUT2D eigenvalue weighted by molar-refractivity contribution is 5.42. The van der Waals surface area contributed by atoms with Crippen LogP contribution in [0.5, 0.6) is 0 Å². The van der Waals surface area contributed by atoms with Crippen molar-refractivity contribution in [3.63, 3.8) is 0 Å². The van der Waals surface area contributed by atoms with Gasteiger partial charge < -0.3 is 10.2 Å². The molecule has 20 heavy (non-hydrogen) atoms. The lowest BCUT2D eigenvalue weighted by Gasteiger charge is -2.23. The van der Waals surface area contributed by atoms with Gasteiger partial charge in [0, 0.05) is 25.3 Å². The Morgan fingerprint density at radius 3 is 2.70 bits per heavy atom. The van der Waals surface area contributed by atoms with Crippen LogP contribution < -0.4 is 10.2 Å². The SMILES string of the molecule is CCN(CC1CC1)c1cc(CNCC(C)C)cc(C)n1. The highest BCUT2D eigenvalue weighted by Gasteiger charge is 2.24. The topological polar surface area (TPSA) is 28.2 Å². The summed E-state index contributed by atoms with van der Waals surface area (Å²) >= 11 is 0. The molecule has 1 aliphatic carbocycles. The molecular formula is C17H29N3. The quantitative estimate of drug-likeness (QED) is 0.788. The Bertz CT molecular complexity index is 424. The predicted molar refractivity (Wildman–Crippen MR) is 86.1 cm³/mol. The Kier molecular flexibility index (Phi) is 5.41. The van der Waals surface area contributed by atoms with Gasteiger partial charge in [-0.2, -0.15) is 0 Å². The van der Waals surface area contributed by atoms with Gasteiger partial charge in [0.2, 0.25) is 0 Å². The van der Waals surface area contributed by atoms with Crippen LogP contribution in [0.3, 0.4) is 0 Å². The largest absolute Gasteiger partial charge is 0.357 e. The fourth-order valence-corrected chi connectivity index (χ4v) is 2.49. The van der Waals surface area contributed by atoms with E-state index in [9.17, 15) is 0 Å². The number of nitrogens with zero attached hydrogens (tertiary/aromatic N) is 2. The summed E-state index contributed by atoms with van der Waals surface area (Å²) < 4.78 is 0. The molecule has 1 aromatic heterocycles. The third-order valence-corrected chi connectivity index (χ3v) is 3.76. The number of nitrogens with one attached hydrogen (secondary N) is 1. The Hall–Kier alpha value is -1.09. The Balaban J connectivity index is 2.02. The smallest absolute Gasteiger partial charge is 0.129 e. The Labute approximate surface area is 123 Å². The van der Waals surface area contributed by atoms with Gasteiger partial charge in [0.25, 0.3) is 0 Å². The summed E-state index contributed by atoms with van der Waals surface area (Å²) in [6, 6.07) is 4.45. The number of anilines is 1. The summed E-state index contributed by atoms with van der Waals surface area (Å²) in [5.74, 6) is 2.75. The molecule has 0 unspecified atom stereocenters. The van der Waals surface area contributed by atoms with Gasteiger partial charge in [0.1, 0.15) is 5.82 Å². The molecule has 0 spiro atoms. The minimum absolute atomic E-state index is 0.694. The highest BCUT2D eigenvalue weighted by atomic mass is 15.2. The van der Waals surface area contributed by atoms with Crippen LogP contribution in [0.2, 0.25) is 0 Å². The van der Waals surface area contributed by atoms with Gasteiger partial charge in [-0.05, 0) is 62.8 Å². The lowest BCUT2D eigenvalue weighted by molar-refractivity contribution is 0.552. The van der Waals surface area contributed by atoms with Gasteiger partial charge in [-0.3, -0.25) is 0 Å². The molecule has 0 radical (unpaired) electrons. The molecule has 1 aliphatic rings. The van der Waals surface area contributed by atoms with E-state index in [0.717, 1.165) is 37.1 Å². The number of pyridine rings is 1. The van der Waals surface area contributed by atoms with Gasteiger partial charge in [-0.15, -0.1) is 0 Å². The summed E-state index contributed by atoms with van der Waals surface area (Å²) in [5.41, 5.74) is 2.47. The lowest BCUT2D eigenvalue weighted by Crippen LogP contribution is -2.27. The van der Waals surface area contributed by atoms with E-state index in [1.165, 1.54) is 24.9 Å². The molecule has 1 heterocycles. The van der Waals surface area contributed by atoms with Crippen LogP contribution in [-0.4, -0.2) is 24.6 Å². The van der Waals surface area contributed by atoms with Crippen LogP contribution in [0.1, 0.15) is 44.9 Å². The summed E-state index contributed by atoms with van der Waals surface area (Å²) in [5, 5.41) is 3.52. The minimum atomic E-state index is 0.694. The molecular weight excluding hydrogens is 246 g/mol. The summed E-state index contributed by atoms with van der Waals surface area (Å²) in [7, 11) is 0. The first-order valence-corrected chi connectivity index (χ1v) is 8.01. The van der Waals surface area contributed by atoms with E-state index in [2.05, 4.69) is 50.0 Å². The second-order valence-corrected chi connectivity index (χ2v) is 6.48. The molecule has 3 heteroatoms. The molecule has 0 amide bonds. The molecule has 0 bridgehead atoms. The van der Waals surface area contributed by atoms with Crippen molar-refractivity contribution in [2.45, 2.75) is 47.1 Å². The number of aromatic nitrogens is 1. The van der Waals surface area contributed by atoms with Crippen LogP contribution in [0.4, 0.5) is 5.82 Å². The molecule has 0 aromatic carbocycles. The second-order valence-electron chi connectivity index (χ2n) is 6.48. The van der Waals surface area contributed by atoms with Crippen molar-refractivity contribution in [3.05, 3.63) is 23.4 Å². The van der Waals surface area contributed by atoms with Crippen LogP contribution in [-0.2, 0) is 6.54 Å². The average Bonchev–Trinajstić information content (AvgIpc) is 3.18. The van der Waals surface area contributed by atoms with Crippen molar-refractivity contribution in [3.8, 4) is 0 Å². The summed E-state index contributed by atoms with van der Waals surface area (Å²) in [6.07, 6.45) is 2.79. The van der Waals surface area contributed by atoms with Gasteiger partial charge in [-0.1, -0.05) is 13.8 Å². The number of hydrogen-bond donors (Lipinski definition) is 1. The number of hydrogen-bond acceptors (Lipinski definition) is 3. The summed E-state index contributed by atoms with van der Waals surface area (Å²) in [6.45, 7) is 13.0. The van der Waals surface area contributed by atoms with Crippen LogP contribution >= 0.6 is 0 Å². The molecule has 1 aromatic rings. The van der Waals surface area contributed by atoms with Crippen LogP contribution in [0.25, 0.3) is 0 Å². The Morgan fingerprint density at radius 2 is 2.10 bits per heavy atom. The van der Waals surface area contributed by atoms with Crippen molar-refractivity contribution in [1.82, 2.24) is 10.3 Å². The first kappa shape index (κ1) is 15.3. The van der Waals surface area contributed by atoms with E-state index >= 15 is 0 Å². The average molecular weight is 275 g/mol. The zero-order valence-electron chi connectivity index (χ0n) is 13.4. The third kappa shape index (κ3) is 4.78. The number of rotatable bonds is 8. The van der Waals surface area contributed by atoms with Crippen molar-refractivity contribution in [2.75, 3.05) is 24.5 Å². The maximum atomic E-state index is 4.73. The van der Waals surface area contributed by atoms with E-state index in [0.29, 0.717) is 5.92 Å². The standard InChI is InChI=1S/C17H29N3/c1-5-20(12-15-6-7-15)17-9-16(8-14(4)19-17)11-18-10-13(2)3/h8-9,13,15,18H,5-7,10-12H2,1-4H3. The van der Waals surface area contributed by atoms with E-state index in [1.54, 1.807) is 0 Å². The number of aryl methyl sites for hydroxylation is 1. The van der Waals surface area contributed by atoms with Gasteiger partial charge in [0.05, 0.1) is 0 Å². The molecule has 1 fully saturated rings. The van der Waals surface area contributed by atoms with Crippen molar-refractivity contribution < 1.29 is 0 Å². The maximum Gasteiger partial charge on any atom is 0.129 e. The molecule has 0 aliphatic heterocycles. The predicted octanol–water partition coefficient (Wildman–Crippen LogP) is 3.37. The lowest BCUT2D eigenvalue weighted by atomic mass is 10.2. The van der Waals surface area contributed by atoms with Gasteiger partial charge in [-0.25, -0.2) is 4.98 Å². The van der Waals surface area contributed by atoms with Crippen molar-refractivity contribution in [1.29, 1.82) is 0 Å². The molecule has 0 atom stereocenters. The zero-order chi connectivity index (χ0) is 14.5.